The molecule has 0 aromatic rings. The highest BCUT2D eigenvalue weighted by Crippen LogP contribution is 2.19. The molecule has 1 rings (SSSR count). The average Bonchev–Trinajstić information content (AvgIpc) is 2.27. The van der Waals surface area contributed by atoms with Crippen LogP contribution in [0.2, 0.25) is 0 Å². The lowest BCUT2D eigenvalue weighted by Gasteiger charge is -2.33. The van der Waals surface area contributed by atoms with Crippen LogP contribution in [0.25, 0.3) is 0 Å². The van der Waals surface area contributed by atoms with Crippen LogP contribution in [0.15, 0.2) is 0 Å². The minimum atomic E-state index is -0.784. The summed E-state index contributed by atoms with van der Waals surface area (Å²) >= 11 is 0. The predicted molar refractivity (Wildman–Crippen MR) is 73.1 cm³/mol. The van der Waals surface area contributed by atoms with E-state index in [-0.39, 0.29) is 24.4 Å². The first kappa shape index (κ1) is 15.8. The van der Waals surface area contributed by atoms with E-state index < -0.39 is 5.97 Å². The van der Waals surface area contributed by atoms with Gasteiger partial charge in [0.2, 0.25) is 0 Å². The van der Waals surface area contributed by atoms with Gasteiger partial charge in [0, 0.05) is 32.1 Å². The summed E-state index contributed by atoms with van der Waals surface area (Å²) < 4.78 is 0. The van der Waals surface area contributed by atoms with Gasteiger partial charge in [-0.25, -0.2) is 4.79 Å². The molecule has 0 aliphatic carbocycles. The zero-order valence-electron chi connectivity index (χ0n) is 12.1. The molecule has 1 aliphatic rings. The van der Waals surface area contributed by atoms with E-state index in [1.54, 1.807) is 4.90 Å². The third kappa shape index (κ3) is 5.92. The van der Waals surface area contributed by atoms with Crippen LogP contribution >= 0.6 is 0 Å². The number of amides is 2. The zero-order chi connectivity index (χ0) is 14.4. The monoisotopic (exact) mass is 271 g/mol. The Morgan fingerprint density at radius 3 is 2.74 bits per heavy atom. The minimum absolute atomic E-state index is 0.0792. The number of carboxylic acids is 1. The SMILES string of the molecule is CC(CN(C)C)NC(=O)N1CCCC(CC(=O)O)C1. The number of piperidine rings is 1. The molecule has 2 N–H and O–H groups in total. The van der Waals surface area contributed by atoms with E-state index >= 15 is 0 Å². The molecule has 6 heteroatoms. The molecule has 0 saturated carbocycles. The van der Waals surface area contributed by atoms with Gasteiger partial charge in [0.15, 0.2) is 0 Å². The number of carboxylic acid groups (broad SMARTS) is 1. The highest BCUT2D eigenvalue weighted by Gasteiger charge is 2.25. The summed E-state index contributed by atoms with van der Waals surface area (Å²) in [5, 5.41) is 11.8. The fourth-order valence-corrected chi connectivity index (χ4v) is 2.56. The standard InChI is InChI=1S/C13H25N3O3/c1-10(8-15(2)3)14-13(19)16-6-4-5-11(9-16)7-12(17)18/h10-11H,4-9H2,1-3H3,(H,14,19)(H,17,18). The summed E-state index contributed by atoms with van der Waals surface area (Å²) in [6.07, 6.45) is 1.92. The van der Waals surface area contributed by atoms with E-state index in [9.17, 15) is 9.59 Å². The maximum atomic E-state index is 12.1. The van der Waals surface area contributed by atoms with E-state index in [0.29, 0.717) is 6.54 Å². The molecule has 0 radical (unpaired) electrons. The fourth-order valence-electron chi connectivity index (χ4n) is 2.56. The van der Waals surface area contributed by atoms with Crippen molar-refractivity contribution in [3.63, 3.8) is 0 Å². The Kier molecular flexibility index (Phi) is 6.08. The van der Waals surface area contributed by atoms with Gasteiger partial charge in [-0.2, -0.15) is 0 Å². The molecular formula is C13H25N3O3. The third-order valence-corrected chi connectivity index (χ3v) is 3.28. The molecule has 19 heavy (non-hydrogen) atoms. The van der Waals surface area contributed by atoms with Crippen LogP contribution in [0, 0.1) is 5.92 Å². The van der Waals surface area contributed by atoms with Gasteiger partial charge in [0.1, 0.15) is 0 Å². The number of carbonyl (C=O) groups excluding carboxylic acids is 1. The molecule has 6 nitrogen and oxygen atoms in total. The van der Waals surface area contributed by atoms with Crippen molar-refractivity contribution in [2.45, 2.75) is 32.2 Å². The second-order valence-electron chi connectivity index (χ2n) is 5.66. The number of likely N-dealkylation sites (tertiary alicyclic amines) is 1. The Labute approximate surface area is 114 Å². The van der Waals surface area contributed by atoms with Gasteiger partial charge in [-0.05, 0) is 39.8 Å². The Hall–Kier alpha value is -1.30. The summed E-state index contributed by atoms with van der Waals surface area (Å²) in [5.74, 6) is -0.700. The molecule has 1 fully saturated rings. The van der Waals surface area contributed by atoms with Crippen molar-refractivity contribution >= 4 is 12.0 Å². The highest BCUT2D eigenvalue weighted by molar-refractivity contribution is 5.74. The summed E-state index contributed by atoms with van der Waals surface area (Å²) in [6.45, 7) is 4.03. The number of rotatable bonds is 5. The number of carbonyl (C=O) groups is 2. The maximum absolute atomic E-state index is 12.1. The Morgan fingerprint density at radius 2 is 2.16 bits per heavy atom. The number of aliphatic carboxylic acids is 1. The molecule has 2 amide bonds. The number of nitrogens with one attached hydrogen (secondary N) is 1. The largest absolute Gasteiger partial charge is 0.481 e. The van der Waals surface area contributed by atoms with E-state index in [1.165, 1.54) is 0 Å². The van der Waals surface area contributed by atoms with Crippen molar-refractivity contribution in [3.8, 4) is 0 Å². The van der Waals surface area contributed by atoms with Gasteiger partial charge in [-0.3, -0.25) is 4.79 Å². The van der Waals surface area contributed by atoms with Gasteiger partial charge in [-0.1, -0.05) is 0 Å². The minimum Gasteiger partial charge on any atom is -0.481 e. The Balaban J connectivity index is 2.41. The molecule has 110 valence electrons. The summed E-state index contributed by atoms with van der Waals surface area (Å²) in [4.78, 5) is 26.6. The summed E-state index contributed by atoms with van der Waals surface area (Å²) in [6, 6.07) is 0.00629. The molecule has 2 unspecified atom stereocenters. The topological polar surface area (TPSA) is 72.9 Å². The third-order valence-electron chi connectivity index (χ3n) is 3.28. The summed E-state index contributed by atoms with van der Waals surface area (Å²) in [7, 11) is 3.93. The van der Waals surface area contributed by atoms with Crippen molar-refractivity contribution < 1.29 is 14.7 Å². The molecule has 1 heterocycles. The lowest BCUT2D eigenvalue weighted by atomic mass is 9.95. The molecule has 0 spiro atoms. The Bertz CT molecular complexity index is 320. The summed E-state index contributed by atoms with van der Waals surface area (Å²) in [5.41, 5.74) is 0. The number of hydrogen-bond acceptors (Lipinski definition) is 3. The second kappa shape index (κ2) is 7.33. The van der Waals surface area contributed by atoms with Crippen molar-refractivity contribution in [1.29, 1.82) is 0 Å². The number of likely N-dealkylation sites (N-methyl/N-ethyl adjacent to an activating group) is 1. The van der Waals surface area contributed by atoms with Gasteiger partial charge >= 0.3 is 12.0 Å². The molecule has 0 aromatic carbocycles. The zero-order valence-corrected chi connectivity index (χ0v) is 12.1. The number of hydrogen-bond donors (Lipinski definition) is 2. The molecular weight excluding hydrogens is 246 g/mol. The second-order valence-corrected chi connectivity index (χ2v) is 5.66. The molecule has 2 atom stereocenters. The van der Waals surface area contributed by atoms with Crippen LogP contribution in [0.5, 0.6) is 0 Å². The van der Waals surface area contributed by atoms with Crippen LogP contribution in [0.4, 0.5) is 4.79 Å². The predicted octanol–water partition coefficient (Wildman–Crippen LogP) is 0.833. The lowest BCUT2D eigenvalue weighted by Crippen LogP contribution is -2.50. The van der Waals surface area contributed by atoms with Gasteiger partial charge < -0.3 is 20.2 Å². The van der Waals surface area contributed by atoms with E-state index in [2.05, 4.69) is 5.32 Å². The van der Waals surface area contributed by atoms with Crippen LogP contribution in [-0.4, -0.2) is 66.7 Å². The van der Waals surface area contributed by atoms with Crippen molar-refractivity contribution in [2.24, 2.45) is 5.92 Å². The quantitative estimate of drug-likeness (QED) is 0.777. The normalized spacial score (nSPS) is 21.3. The van der Waals surface area contributed by atoms with E-state index in [0.717, 1.165) is 25.9 Å². The number of nitrogens with zero attached hydrogens (tertiary/aromatic N) is 2. The average molecular weight is 271 g/mol. The maximum Gasteiger partial charge on any atom is 0.317 e. The molecule has 1 saturated heterocycles. The van der Waals surface area contributed by atoms with E-state index in [1.807, 2.05) is 25.9 Å². The molecule has 0 aromatic heterocycles. The van der Waals surface area contributed by atoms with Gasteiger partial charge in [-0.15, -0.1) is 0 Å². The first-order valence-corrected chi connectivity index (χ1v) is 6.80. The van der Waals surface area contributed by atoms with E-state index in [4.69, 9.17) is 5.11 Å². The highest BCUT2D eigenvalue weighted by atomic mass is 16.4. The van der Waals surface area contributed by atoms with Crippen LogP contribution < -0.4 is 5.32 Å². The van der Waals surface area contributed by atoms with Crippen molar-refractivity contribution in [3.05, 3.63) is 0 Å². The number of urea groups is 1. The first-order chi connectivity index (χ1) is 8.88. The van der Waals surface area contributed by atoms with Crippen molar-refractivity contribution in [1.82, 2.24) is 15.1 Å². The molecule has 0 bridgehead atoms. The van der Waals surface area contributed by atoms with Gasteiger partial charge in [0.05, 0.1) is 0 Å². The van der Waals surface area contributed by atoms with Crippen molar-refractivity contribution in [2.75, 3.05) is 33.7 Å². The van der Waals surface area contributed by atoms with Gasteiger partial charge in [0.25, 0.3) is 0 Å². The molecule has 1 aliphatic heterocycles. The van der Waals surface area contributed by atoms with Crippen LogP contribution in [-0.2, 0) is 4.79 Å². The first-order valence-electron chi connectivity index (χ1n) is 6.80. The smallest absolute Gasteiger partial charge is 0.317 e. The van der Waals surface area contributed by atoms with Crippen LogP contribution in [0.3, 0.4) is 0 Å². The fraction of sp³-hybridized carbons (Fsp3) is 0.846. The lowest BCUT2D eigenvalue weighted by molar-refractivity contribution is -0.138. The van der Waals surface area contributed by atoms with Crippen LogP contribution in [0.1, 0.15) is 26.2 Å². The Morgan fingerprint density at radius 1 is 1.47 bits per heavy atom.